The number of ketones is 3. The highest BCUT2D eigenvalue weighted by Gasteiger charge is 2.41. The fourth-order valence-corrected chi connectivity index (χ4v) is 2.62. The van der Waals surface area contributed by atoms with Crippen LogP contribution in [0.3, 0.4) is 0 Å². The Kier molecular flexibility index (Phi) is 7.80. The van der Waals surface area contributed by atoms with Crippen LogP contribution in [-0.2, 0) is 28.3 Å². The van der Waals surface area contributed by atoms with E-state index in [-0.39, 0.29) is 16.7 Å². The Morgan fingerprint density at radius 1 is 0.412 bits per heavy atom. The third-order valence-corrected chi connectivity index (χ3v) is 4.27. The summed E-state index contributed by atoms with van der Waals surface area (Å²) >= 11 is 0. The van der Waals surface area contributed by atoms with Gasteiger partial charge in [-0.3, -0.25) is 14.4 Å². The molecule has 0 radical (unpaired) electrons. The van der Waals surface area contributed by atoms with E-state index in [1.54, 1.807) is 18.2 Å². The Morgan fingerprint density at radius 2 is 0.647 bits per heavy atom. The summed E-state index contributed by atoms with van der Waals surface area (Å²) in [6.45, 7) is 0. The number of Topliss-reactive ketones (excluding diaryl/α,β-unsaturated/α-hetero) is 3. The van der Waals surface area contributed by atoms with Crippen molar-refractivity contribution in [1.82, 2.24) is 0 Å². The number of hydrogen-bond acceptors (Lipinski definition) is 9. The summed E-state index contributed by atoms with van der Waals surface area (Å²) in [7, 11) is -2.47. The molecule has 0 aliphatic carbocycles. The van der Waals surface area contributed by atoms with Crippen molar-refractivity contribution >= 4 is 42.6 Å². The maximum Gasteiger partial charge on any atom is 0.871 e. The Balaban J connectivity index is 1.77. The molecule has 0 heterocycles. The second-order valence-corrected chi connectivity index (χ2v) is 6.59. The van der Waals surface area contributed by atoms with Crippen LogP contribution in [0.5, 0.6) is 0 Å². The van der Waals surface area contributed by atoms with E-state index in [1.165, 1.54) is 72.8 Å². The fraction of sp³-hybridized carbons (Fsp3) is 0. The van der Waals surface area contributed by atoms with Crippen LogP contribution in [0, 0.1) is 0 Å². The van der Waals surface area contributed by atoms with E-state index in [2.05, 4.69) is 0 Å². The van der Waals surface area contributed by atoms with Gasteiger partial charge in [-0.1, -0.05) is 91.0 Å². The SMILES string of the molecule is O=C(OB(OC(=O)C(=O)c1ccccc1)OC(=O)C(=O)c1ccccc1)C(=O)c1ccccc1. The topological polar surface area (TPSA) is 130 Å². The molecule has 0 aliphatic heterocycles. The summed E-state index contributed by atoms with van der Waals surface area (Å²) in [4.78, 5) is 73.6. The smallest absolute Gasteiger partial charge is 0.456 e. The van der Waals surface area contributed by atoms with E-state index in [4.69, 9.17) is 14.0 Å². The van der Waals surface area contributed by atoms with Crippen LogP contribution in [-0.4, -0.2) is 42.6 Å². The van der Waals surface area contributed by atoms with E-state index in [1.807, 2.05) is 0 Å². The van der Waals surface area contributed by atoms with Gasteiger partial charge < -0.3 is 14.0 Å². The maximum atomic E-state index is 12.3. The molecule has 0 bridgehead atoms. The van der Waals surface area contributed by atoms with Crippen LogP contribution in [0.2, 0.25) is 0 Å². The molecule has 0 spiro atoms. The molecular formula is C24H15BO9. The molecule has 3 aromatic carbocycles. The molecule has 0 saturated heterocycles. The minimum Gasteiger partial charge on any atom is -0.456 e. The second-order valence-electron chi connectivity index (χ2n) is 6.59. The van der Waals surface area contributed by atoms with Crippen molar-refractivity contribution in [3.05, 3.63) is 108 Å². The van der Waals surface area contributed by atoms with Gasteiger partial charge in [0.1, 0.15) is 0 Å². The first-order chi connectivity index (χ1) is 16.4. The number of benzene rings is 3. The lowest BCUT2D eigenvalue weighted by Crippen LogP contribution is -2.40. The highest BCUT2D eigenvalue weighted by Crippen LogP contribution is 2.08. The van der Waals surface area contributed by atoms with E-state index in [0.717, 1.165) is 0 Å². The molecule has 9 nitrogen and oxygen atoms in total. The standard InChI is InChI=1S/C24H15BO9/c26-19(16-10-4-1-5-11-16)22(29)32-25(33-23(30)20(27)17-12-6-2-7-13-17)34-24(31)21(28)18-14-8-3-9-15-18/h1-15H. The average molecular weight is 458 g/mol. The summed E-state index contributed by atoms with van der Waals surface area (Å²) < 4.78 is 14.1. The van der Waals surface area contributed by atoms with Gasteiger partial charge in [-0.2, -0.15) is 0 Å². The minimum absolute atomic E-state index is 0.0513. The molecular weight excluding hydrogens is 443 g/mol. The predicted molar refractivity (Wildman–Crippen MR) is 116 cm³/mol. The molecule has 0 unspecified atom stereocenters. The predicted octanol–water partition coefficient (Wildman–Crippen LogP) is 2.25. The molecule has 34 heavy (non-hydrogen) atoms. The Labute approximate surface area is 193 Å². The molecule has 0 N–H and O–H groups in total. The monoisotopic (exact) mass is 458 g/mol. The molecule has 3 rings (SSSR count). The molecule has 0 aliphatic rings. The fourth-order valence-electron chi connectivity index (χ4n) is 2.62. The maximum absolute atomic E-state index is 12.3. The molecule has 0 amide bonds. The zero-order chi connectivity index (χ0) is 24.5. The van der Waals surface area contributed by atoms with Crippen molar-refractivity contribution in [3.8, 4) is 0 Å². The van der Waals surface area contributed by atoms with Gasteiger partial charge in [0.15, 0.2) is 0 Å². The number of rotatable bonds is 9. The lowest BCUT2D eigenvalue weighted by Gasteiger charge is -2.12. The lowest BCUT2D eigenvalue weighted by atomic mass is 10.1. The Bertz CT molecular complexity index is 1070. The van der Waals surface area contributed by atoms with Crippen molar-refractivity contribution in [2.24, 2.45) is 0 Å². The highest BCUT2D eigenvalue weighted by atomic mass is 16.8. The van der Waals surface area contributed by atoms with Gasteiger partial charge in [-0.15, -0.1) is 0 Å². The van der Waals surface area contributed by atoms with Gasteiger partial charge in [0.05, 0.1) is 0 Å². The zero-order valence-corrected chi connectivity index (χ0v) is 17.4. The van der Waals surface area contributed by atoms with Gasteiger partial charge in [0, 0.05) is 16.7 Å². The largest absolute Gasteiger partial charge is 0.871 e. The average Bonchev–Trinajstić information content (AvgIpc) is 2.88. The van der Waals surface area contributed by atoms with E-state index in [9.17, 15) is 28.8 Å². The van der Waals surface area contributed by atoms with Crippen molar-refractivity contribution in [2.75, 3.05) is 0 Å². The van der Waals surface area contributed by atoms with E-state index < -0.39 is 42.6 Å². The van der Waals surface area contributed by atoms with Crippen LogP contribution in [0.15, 0.2) is 91.0 Å². The quantitative estimate of drug-likeness (QED) is 0.269. The molecule has 0 saturated carbocycles. The summed E-state index contributed by atoms with van der Waals surface area (Å²) in [5.41, 5.74) is -0.154. The van der Waals surface area contributed by atoms with Crippen LogP contribution in [0.25, 0.3) is 0 Å². The second kappa shape index (κ2) is 11.1. The summed E-state index contributed by atoms with van der Waals surface area (Å²) in [6.07, 6.45) is 0. The first-order valence-electron chi connectivity index (χ1n) is 9.78. The Morgan fingerprint density at radius 3 is 0.882 bits per heavy atom. The van der Waals surface area contributed by atoms with Gasteiger partial charge in [-0.05, 0) is 0 Å². The molecule has 3 aromatic rings. The van der Waals surface area contributed by atoms with Crippen molar-refractivity contribution in [3.63, 3.8) is 0 Å². The third-order valence-electron chi connectivity index (χ3n) is 4.27. The van der Waals surface area contributed by atoms with Gasteiger partial charge in [0.25, 0.3) is 17.3 Å². The summed E-state index contributed by atoms with van der Waals surface area (Å²) in [5.74, 6) is -8.05. The van der Waals surface area contributed by atoms with Gasteiger partial charge in [0.2, 0.25) is 0 Å². The van der Waals surface area contributed by atoms with E-state index >= 15 is 0 Å². The van der Waals surface area contributed by atoms with Crippen LogP contribution in [0.4, 0.5) is 0 Å². The number of carbonyl (C=O) groups excluding carboxylic acids is 6. The summed E-state index contributed by atoms with van der Waals surface area (Å²) in [5, 5.41) is 0. The Hall–Kier alpha value is -4.86. The third kappa shape index (κ3) is 6.10. The molecule has 0 fully saturated rings. The molecule has 10 heteroatoms. The van der Waals surface area contributed by atoms with Crippen LogP contribution in [0.1, 0.15) is 31.1 Å². The highest BCUT2D eigenvalue weighted by molar-refractivity contribution is 6.57. The molecule has 0 aromatic heterocycles. The first-order valence-corrected chi connectivity index (χ1v) is 9.78. The molecule has 0 atom stereocenters. The van der Waals surface area contributed by atoms with E-state index in [0.29, 0.717) is 0 Å². The van der Waals surface area contributed by atoms with Crippen LogP contribution >= 0.6 is 0 Å². The summed E-state index contributed by atoms with van der Waals surface area (Å²) in [6, 6.07) is 21.8. The first kappa shape index (κ1) is 23.8. The number of hydrogen-bond donors (Lipinski definition) is 0. The zero-order valence-electron chi connectivity index (χ0n) is 17.4. The minimum atomic E-state index is -2.47. The van der Waals surface area contributed by atoms with Crippen molar-refractivity contribution in [2.45, 2.75) is 0 Å². The lowest BCUT2D eigenvalue weighted by molar-refractivity contribution is -0.142. The molecule has 168 valence electrons. The van der Waals surface area contributed by atoms with Crippen molar-refractivity contribution < 1.29 is 42.7 Å². The van der Waals surface area contributed by atoms with Crippen LogP contribution < -0.4 is 0 Å². The number of carbonyl (C=O) groups is 6. The van der Waals surface area contributed by atoms with Gasteiger partial charge >= 0.3 is 25.2 Å². The van der Waals surface area contributed by atoms with Crippen molar-refractivity contribution in [1.29, 1.82) is 0 Å². The normalized spacial score (nSPS) is 9.88. The van der Waals surface area contributed by atoms with Gasteiger partial charge in [-0.25, -0.2) is 14.4 Å².